The molecule has 2 heterocycles. The molecule has 3 aromatic rings. The summed E-state index contributed by atoms with van der Waals surface area (Å²) in [4.78, 5) is 12.7. The van der Waals surface area contributed by atoms with Crippen LogP contribution < -0.4 is 11.5 Å². The second-order valence-electron chi connectivity index (χ2n) is 4.93. The van der Waals surface area contributed by atoms with Crippen LogP contribution in [-0.2, 0) is 13.5 Å². The van der Waals surface area contributed by atoms with E-state index >= 15 is 0 Å². The molecule has 0 bridgehead atoms. The van der Waals surface area contributed by atoms with Gasteiger partial charge in [-0.25, -0.2) is 9.18 Å². The standard InChI is InChI=1S/C15H12FN3O2S/c1-19-11-4-8(2-3-12(11)21-15(19)20)13-6-10(16)14(22-13)5-9(18)7-17/h2-4,6,9H,5,18H2,1H3. The van der Waals surface area contributed by atoms with Gasteiger partial charge in [-0.15, -0.1) is 11.3 Å². The average molecular weight is 317 g/mol. The second kappa shape index (κ2) is 5.40. The largest absolute Gasteiger partial charge is 0.419 e. The van der Waals surface area contributed by atoms with Crippen molar-refractivity contribution in [3.8, 4) is 16.5 Å². The minimum Gasteiger partial charge on any atom is -0.408 e. The highest BCUT2D eigenvalue weighted by Crippen LogP contribution is 2.32. The first-order chi connectivity index (χ1) is 10.5. The van der Waals surface area contributed by atoms with Crippen LogP contribution in [-0.4, -0.2) is 10.6 Å². The molecule has 0 spiro atoms. The van der Waals surface area contributed by atoms with Crippen molar-refractivity contribution in [3.05, 3.63) is 45.5 Å². The predicted octanol–water partition coefficient (Wildman–Crippen LogP) is 2.39. The Bertz CT molecular complexity index is 948. The van der Waals surface area contributed by atoms with Crippen molar-refractivity contribution in [1.82, 2.24) is 4.57 Å². The van der Waals surface area contributed by atoms with Crippen LogP contribution in [0.5, 0.6) is 0 Å². The molecule has 0 saturated heterocycles. The summed E-state index contributed by atoms with van der Waals surface area (Å²) in [5, 5.41) is 8.73. The number of nitriles is 1. The van der Waals surface area contributed by atoms with Crippen molar-refractivity contribution >= 4 is 22.4 Å². The third-order valence-corrected chi connectivity index (χ3v) is 4.59. The maximum atomic E-state index is 14.0. The molecule has 0 amide bonds. The molecule has 1 aromatic carbocycles. The van der Waals surface area contributed by atoms with Crippen LogP contribution in [0, 0.1) is 17.1 Å². The molecule has 2 aromatic heterocycles. The van der Waals surface area contributed by atoms with Gasteiger partial charge < -0.3 is 10.2 Å². The Hall–Kier alpha value is -2.43. The second-order valence-corrected chi connectivity index (χ2v) is 6.07. The van der Waals surface area contributed by atoms with Gasteiger partial charge in [-0.3, -0.25) is 4.57 Å². The molecule has 7 heteroatoms. The minimum absolute atomic E-state index is 0.180. The van der Waals surface area contributed by atoms with Crippen LogP contribution in [0.1, 0.15) is 4.88 Å². The SMILES string of the molecule is Cn1c(=O)oc2ccc(-c3cc(F)c(CC(N)C#N)s3)cc21. The number of nitrogens with two attached hydrogens (primary N) is 1. The van der Waals surface area contributed by atoms with Crippen LogP contribution in [0.15, 0.2) is 33.5 Å². The molecule has 0 aliphatic rings. The van der Waals surface area contributed by atoms with Crippen LogP contribution in [0.2, 0.25) is 0 Å². The van der Waals surface area contributed by atoms with Gasteiger partial charge in [-0.2, -0.15) is 5.26 Å². The Kier molecular flexibility index (Phi) is 3.56. The topological polar surface area (TPSA) is 84.9 Å². The van der Waals surface area contributed by atoms with Crippen molar-refractivity contribution < 1.29 is 8.81 Å². The summed E-state index contributed by atoms with van der Waals surface area (Å²) in [5.41, 5.74) is 7.46. The number of halogens is 1. The van der Waals surface area contributed by atoms with Gasteiger partial charge >= 0.3 is 5.76 Å². The average Bonchev–Trinajstić information content (AvgIpc) is 3.00. The van der Waals surface area contributed by atoms with Crippen LogP contribution in [0.3, 0.4) is 0 Å². The maximum absolute atomic E-state index is 14.0. The van der Waals surface area contributed by atoms with Crippen LogP contribution >= 0.6 is 11.3 Å². The van der Waals surface area contributed by atoms with E-state index in [9.17, 15) is 9.18 Å². The first kappa shape index (κ1) is 14.5. The van der Waals surface area contributed by atoms with E-state index in [0.29, 0.717) is 20.9 Å². The van der Waals surface area contributed by atoms with E-state index in [1.807, 2.05) is 6.07 Å². The van der Waals surface area contributed by atoms with Gasteiger partial charge in [-0.1, -0.05) is 0 Å². The van der Waals surface area contributed by atoms with E-state index in [1.54, 1.807) is 25.2 Å². The molecule has 0 aliphatic heterocycles. The molecule has 0 saturated carbocycles. The zero-order valence-electron chi connectivity index (χ0n) is 11.7. The third-order valence-electron chi connectivity index (χ3n) is 3.40. The molecule has 1 unspecified atom stereocenters. The number of oxazole rings is 1. The molecule has 1 atom stereocenters. The minimum atomic E-state index is -0.724. The van der Waals surface area contributed by atoms with Crippen LogP contribution in [0.4, 0.5) is 4.39 Å². The van der Waals surface area contributed by atoms with E-state index in [4.69, 9.17) is 15.4 Å². The zero-order chi connectivity index (χ0) is 15.9. The highest BCUT2D eigenvalue weighted by atomic mass is 32.1. The summed E-state index contributed by atoms with van der Waals surface area (Å²) in [6.45, 7) is 0. The Morgan fingerprint density at radius 3 is 3.00 bits per heavy atom. The summed E-state index contributed by atoms with van der Waals surface area (Å²) in [7, 11) is 1.62. The van der Waals surface area contributed by atoms with E-state index in [1.165, 1.54) is 22.0 Å². The number of fused-ring (bicyclic) bond motifs is 1. The van der Waals surface area contributed by atoms with Gasteiger partial charge in [0.05, 0.1) is 17.6 Å². The number of hydrogen-bond acceptors (Lipinski definition) is 5. The predicted molar refractivity (Wildman–Crippen MR) is 82.0 cm³/mol. The van der Waals surface area contributed by atoms with E-state index in [2.05, 4.69) is 0 Å². The number of benzene rings is 1. The normalized spacial score (nSPS) is 12.5. The number of thiophene rings is 1. The molecule has 112 valence electrons. The van der Waals surface area contributed by atoms with E-state index in [0.717, 1.165) is 5.56 Å². The summed E-state index contributed by atoms with van der Waals surface area (Å²) in [6.07, 6.45) is 0.180. The number of hydrogen-bond donors (Lipinski definition) is 1. The number of rotatable bonds is 3. The molecule has 5 nitrogen and oxygen atoms in total. The maximum Gasteiger partial charge on any atom is 0.419 e. The van der Waals surface area contributed by atoms with Gasteiger partial charge in [0.2, 0.25) is 0 Å². The number of aryl methyl sites for hydroxylation is 1. The zero-order valence-corrected chi connectivity index (χ0v) is 12.5. The molecule has 0 aliphatic carbocycles. The molecule has 0 fully saturated rings. The van der Waals surface area contributed by atoms with Crippen molar-refractivity contribution in [1.29, 1.82) is 5.26 Å². The fourth-order valence-electron chi connectivity index (χ4n) is 2.21. The lowest BCUT2D eigenvalue weighted by molar-refractivity contribution is 0.528. The molecule has 22 heavy (non-hydrogen) atoms. The van der Waals surface area contributed by atoms with Gasteiger partial charge in [-0.05, 0) is 29.8 Å². The Balaban J connectivity index is 2.04. The smallest absolute Gasteiger partial charge is 0.408 e. The fraction of sp³-hybridized carbons (Fsp3) is 0.200. The Morgan fingerprint density at radius 2 is 2.27 bits per heavy atom. The van der Waals surface area contributed by atoms with Crippen molar-refractivity contribution in [2.24, 2.45) is 12.8 Å². The molecule has 0 radical (unpaired) electrons. The summed E-state index contributed by atoms with van der Waals surface area (Å²) in [5.74, 6) is -0.808. The van der Waals surface area contributed by atoms with E-state index < -0.39 is 11.8 Å². The molecule has 3 rings (SSSR count). The lowest BCUT2D eigenvalue weighted by Crippen LogP contribution is -2.19. The first-order valence-corrected chi connectivity index (χ1v) is 7.34. The van der Waals surface area contributed by atoms with Gasteiger partial charge in [0.15, 0.2) is 5.58 Å². The number of aromatic nitrogens is 1. The number of nitrogens with zero attached hydrogens (tertiary/aromatic N) is 2. The third kappa shape index (κ3) is 2.43. The Labute approximate surface area is 129 Å². The highest BCUT2D eigenvalue weighted by molar-refractivity contribution is 7.15. The quantitative estimate of drug-likeness (QED) is 0.804. The highest BCUT2D eigenvalue weighted by Gasteiger charge is 2.15. The molecular formula is C15H12FN3O2S. The molecule has 2 N–H and O–H groups in total. The first-order valence-electron chi connectivity index (χ1n) is 6.53. The van der Waals surface area contributed by atoms with Crippen LogP contribution in [0.25, 0.3) is 21.5 Å². The lowest BCUT2D eigenvalue weighted by Gasteiger charge is -1.99. The summed E-state index contributed by atoms with van der Waals surface area (Å²) >= 11 is 1.25. The lowest BCUT2D eigenvalue weighted by atomic mass is 10.1. The van der Waals surface area contributed by atoms with Gasteiger partial charge in [0, 0.05) is 23.2 Å². The van der Waals surface area contributed by atoms with Crippen molar-refractivity contribution in [2.45, 2.75) is 12.5 Å². The monoisotopic (exact) mass is 317 g/mol. The van der Waals surface area contributed by atoms with Gasteiger partial charge in [0.25, 0.3) is 0 Å². The van der Waals surface area contributed by atoms with Crippen molar-refractivity contribution in [3.63, 3.8) is 0 Å². The van der Waals surface area contributed by atoms with E-state index in [-0.39, 0.29) is 12.2 Å². The summed E-state index contributed by atoms with van der Waals surface area (Å²) < 4.78 is 20.4. The fourth-order valence-corrected chi connectivity index (χ4v) is 3.31. The van der Waals surface area contributed by atoms with Crippen molar-refractivity contribution in [2.75, 3.05) is 0 Å². The molecular weight excluding hydrogens is 305 g/mol. The Morgan fingerprint density at radius 1 is 1.50 bits per heavy atom. The summed E-state index contributed by atoms with van der Waals surface area (Å²) in [6, 6.07) is 7.82. The van der Waals surface area contributed by atoms with Gasteiger partial charge in [0.1, 0.15) is 5.82 Å².